The number of halogens is 1. The second-order valence-corrected chi connectivity index (χ2v) is 5.59. The van der Waals surface area contributed by atoms with Crippen molar-refractivity contribution in [1.82, 2.24) is 9.97 Å². The van der Waals surface area contributed by atoms with Crippen LogP contribution in [0.2, 0.25) is 0 Å². The van der Waals surface area contributed by atoms with Gasteiger partial charge in [0.25, 0.3) is 0 Å². The van der Waals surface area contributed by atoms with E-state index in [9.17, 15) is 4.79 Å². The third kappa shape index (κ3) is 2.31. The van der Waals surface area contributed by atoms with Gasteiger partial charge < -0.3 is 4.90 Å². The molecule has 2 aliphatic rings. The minimum Gasteiger partial charge on any atom is -0.336 e. The van der Waals surface area contributed by atoms with Crippen LogP contribution in [0.4, 0.5) is 11.8 Å². The molecular formula is C16H17ClN4O. The maximum absolute atomic E-state index is 11.7. The number of amides is 1. The molecule has 22 heavy (non-hydrogen) atoms. The van der Waals surface area contributed by atoms with Gasteiger partial charge in [-0.3, -0.25) is 9.69 Å². The number of carbonyl (C=O) groups is 1. The molecule has 1 amide bonds. The first-order chi connectivity index (χ1) is 10.2. The number of anilines is 2. The Morgan fingerprint density at radius 2 is 1.91 bits per heavy atom. The first kappa shape index (κ1) is 14.8. The van der Waals surface area contributed by atoms with Gasteiger partial charge in [0.15, 0.2) is 0 Å². The Kier molecular flexibility index (Phi) is 3.74. The Morgan fingerprint density at radius 3 is 2.73 bits per heavy atom. The fourth-order valence-electron chi connectivity index (χ4n) is 3.02. The number of hydrogen-bond acceptors (Lipinski definition) is 4. The minimum atomic E-state index is 0. The molecule has 0 bridgehead atoms. The SMILES string of the molecule is CN1C(=O)Cc2cnc(N3CCc4ccccc4C3)nc21.Cl. The molecule has 6 heteroatoms. The number of nitrogens with zero attached hydrogens (tertiary/aromatic N) is 4. The average Bonchev–Trinajstić information content (AvgIpc) is 2.81. The lowest BCUT2D eigenvalue weighted by Crippen LogP contribution is -2.32. The maximum Gasteiger partial charge on any atom is 0.232 e. The molecular weight excluding hydrogens is 300 g/mol. The summed E-state index contributed by atoms with van der Waals surface area (Å²) in [6.07, 6.45) is 3.21. The molecule has 0 atom stereocenters. The van der Waals surface area contributed by atoms with Crippen LogP contribution in [0.25, 0.3) is 0 Å². The number of carbonyl (C=O) groups excluding carboxylic acids is 1. The van der Waals surface area contributed by atoms with Crippen LogP contribution in [0.1, 0.15) is 16.7 Å². The van der Waals surface area contributed by atoms with E-state index in [1.807, 2.05) is 0 Å². The highest BCUT2D eigenvalue weighted by Gasteiger charge is 2.27. The third-order valence-electron chi connectivity index (χ3n) is 4.28. The monoisotopic (exact) mass is 316 g/mol. The van der Waals surface area contributed by atoms with Crippen molar-refractivity contribution in [1.29, 1.82) is 0 Å². The van der Waals surface area contributed by atoms with Crippen LogP contribution >= 0.6 is 12.4 Å². The average molecular weight is 317 g/mol. The molecule has 0 radical (unpaired) electrons. The van der Waals surface area contributed by atoms with E-state index in [0.29, 0.717) is 12.4 Å². The quantitative estimate of drug-likeness (QED) is 0.807. The Hall–Kier alpha value is -2.14. The van der Waals surface area contributed by atoms with E-state index in [1.165, 1.54) is 11.1 Å². The number of hydrogen-bond donors (Lipinski definition) is 0. The van der Waals surface area contributed by atoms with Crippen molar-refractivity contribution in [3.63, 3.8) is 0 Å². The number of fused-ring (bicyclic) bond motifs is 2. The molecule has 0 unspecified atom stereocenters. The molecule has 1 aromatic heterocycles. The zero-order chi connectivity index (χ0) is 14.4. The topological polar surface area (TPSA) is 49.3 Å². The van der Waals surface area contributed by atoms with Gasteiger partial charge >= 0.3 is 0 Å². The number of likely N-dealkylation sites (N-methyl/N-ethyl adjacent to an activating group) is 1. The Balaban J connectivity index is 0.00000144. The standard InChI is InChI=1S/C16H16N4O.ClH/c1-19-14(21)8-13-9-17-16(18-15(13)19)20-7-6-11-4-2-3-5-12(11)10-20;/h2-5,9H,6-8,10H2,1H3;1H. The van der Waals surface area contributed by atoms with E-state index in [2.05, 4.69) is 39.1 Å². The molecule has 1 aromatic carbocycles. The largest absolute Gasteiger partial charge is 0.336 e. The smallest absolute Gasteiger partial charge is 0.232 e. The van der Waals surface area contributed by atoms with Crippen molar-refractivity contribution in [2.75, 3.05) is 23.4 Å². The molecule has 0 aliphatic carbocycles. The lowest BCUT2D eigenvalue weighted by Gasteiger charge is -2.29. The van der Waals surface area contributed by atoms with E-state index < -0.39 is 0 Å². The summed E-state index contributed by atoms with van der Waals surface area (Å²) in [7, 11) is 1.77. The number of aromatic nitrogens is 2. The van der Waals surface area contributed by atoms with Crippen molar-refractivity contribution in [2.45, 2.75) is 19.4 Å². The van der Waals surface area contributed by atoms with Crippen LogP contribution in [0.5, 0.6) is 0 Å². The van der Waals surface area contributed by atoms with E-state index in [4.69, 9.17) is 0 Å². The van der Waals surface area contributed by atoms with Gasteiger partial charge in [0, 0.05) is 31.9 Å². The molecule has 3 heterocycles. The predicted octanol–water partition coefficient (Wildman–Crippen LogP) is 1.98. The molecule has 2 aromatic rings. The second kappa shape index (κ2) is 5.57. The highest BCUT2D eigenvalue weighted by atomic mass is 35.5. The van der Waals surface area contributed by atoms with Gasteiger partial charge in [-0.25, -0.2) is 4.98 Å². The van der Waals surface area contributed by atoms with Crippen LogP contribution in [-0.4, -0.2) is 29.5 Å². The summed E-state index contributed by atoms with van der Waals surface area (Å²) in [4.78, 5) is 24.6. The van der Waals surface area contributed by atoms with Gasteiger partial charge in [-0.15, -0.1) is 12.4 Å². The molecule has 0 N–H and O–H groups in total. The molecule has 0 spiro atoms. The van der Waals surface area contributed by atoms with E-state index in [0.717, 1.165) is 30.9 Å². The van der Waals surface area contributed by atoms with Gasteiger partial charge in [0.05, 0.1) is 6.42 Å². The van der Waals surface area contributed by atoms with Crippen molar-refractivity contribution in [3.8, 4) is 0 Å². The van der Waals surface area contributed by atoms with Crippen molar-refractivity contribution < 1.29 is 4.79 Å². The van der Waals surface area contributed by atoms with Gasteiger partial charge in [0.1, 0.15) is 5.82 Å². The Labute approximate surface area is 135 Å². The summed E-state index contributed by atoms with van der Waals surface area (Å²) in [6, 6.07) is 8.49. The summed E-state index contributed by atoms with van der Waals surface area (Å²) >= 11 is 0. The zero-order valence-electron chi connectivity index (χ0n) is 12.3. The molecule has 0 fully saturated rings. The molecule has 114 valence electrons. The van der Waals surface area contributed by atoms with Crippen LogP contribution in [0.15, 0.2) is 30.5 Å². The molecule has 2 aliphatic heterocycles. The third-order valence-corrected chi connectivity index (χ3v) is 4.28. The molecule has 4 rings (SSSR count). The minimum absolute atomic E-state index is 0. The normalized spacial score (nSPS) is 16.1. The van der Waals surface area contributed by atoms with Gasteiger partial charge in [-0.05, 0) is 17.5 Å². The molecule has 5 nitrogen and oxygen atoms in total. The second-order valence-electron chi connectivity index (χ2n) is 5.59. The van der Waals surface area contributed by atoms with Gasteiger partial charge in [-0.1, -0.05) is 24.3 Å². The summed E-state index contributed by atoms with van der Waals surface area (Å²) in [5.41, 5.74) is 3.66. The van der Waals surface area contributed by atoms with Crippen LogP contribution in [-0.2, 0) is 24.2 Å². The molecule has 0 saturated carbocycles. The van der Waals surface area contributed by atoms with Gasteiger partial charge in [-0.2, -0.15) is 4.98 Å². The number of benzene rings is 1. The highest BCUT2D eigenvalue weighted by Crippen LogP contribution is 2.28. The van der Waals surface area contributed by atoms with Crippen LogP contribution < -0.4 is 9.80 Å². The first-order valence-electron chi connectivity index (χ1n) is 7.16. The fourth-order valence-corrected chi connectivity index (χ4v) is 3.02. The lowest BCUT2D eigenvalue weighted by molar-refractivity contribution is -0.117. The highest BCUT2D eigenvalue weighted by molar-refractivity contribution is 5.99. The van der Waals surface area contributed by atoms with Gasteiger partial charge in [0.2, 0.25) is 11.9 Å². The summed E-state index contributed by atoms with van der Waals surface area (Å²) in [5.74, 6) is 1.55. The first-order valence-corrected chi connectivity index (χ1v) is 7.16. The Morgan fingerprint density at radius 1 is 1.14 bits per heavy atom. The zero-order valence-corrected chi connectivity index (χ0v) is 13.1. The number of rotatable bonds is 1. The molecule has 0 saturated heterocycles. The fraction of sp³-hybridized carbons (Fsp3) is 0.312. The predicted molar refractivity (Wildman–Crippen MR) is 87.6 cm³/mol. The van der Waals surface area contributed by atoms with Crippen LogP contribution in [0, 0.1) is 0 Å². The van der Waals surface area contributed by atoms with Crippen molar-refractivity contribution >= 4 is 30.1 Å². The van der Waals surface area contributed by atoms with E-state index in [-0.39, 0.29) is 18.3 Å². The van der Waals surface area contributed by atoms with E-state index in [1.54, 1.807) is 18.1 Å². The summed E-state index contributed by atoms with van der Waals surface area (Å²) < 4.78 is 0. The maximum atomic E-state index is 11.7. The van der Waals surface area contributed by atoms with E-state index >= 15 is 0 Å². The lowest BCUT2D eigenvalue weighted by atomic mass is 10.0. The summed E-state index contributed by atoms with van der Waals surface area (Å²) in [5, 5.41) is 0. The Bertz CT molecular complexity index is 734. The van der Waals surface area contributed by atoms with Crippen LogP contribution in [0.3, 0.4) is 0 Å². The van der Waals surface area contributed by atoms with Crippen molar-refractivity contribution in [2.24, 2.45) is 0 Å². The van der Waals surface area contributed by atoms with Crippen molar-refractivity contribution in [3.05, 3.63) is 47.2 Å². The summed E-state index contributed by atoms with van der Waals surface area (Å²) in [6.45, 7) is 1.74.